The van der Waals surface area contributed by atoms with Crippen LogP contribution in [0.15, 0.2) is 42.7 Å². The number of nitrogens with one attached hydrogen (secondary N) is 3. The van der Waals surface area contributed by atoms with Gasteiger partial charge in [0.25, 0.3) is 5.91 Å². The third-order valence-electron chi connectivity index (χ3n) is 6.03. The molecule has 7 nitrogen and oxygen atoms in total. The summed E-state index contributed by atoms with van der Waals surface area (Å²) in [4.78, 5) is 26.6. The summed E-state index contributed by atoms with van der Waals surface area (Å²) < 4.78 is 28.8. The van der Waals surface area contributed by atoms with Gasteiger partial charge in [-0.1, -0.05) is 0 Å². The Kier molecular flexibility index (Phi) is 5.53. The van der Waals surface area contributed by atoms with E-state index in [0.717, 1.165) is 18.4 Å². The standard InChI is InChI=1S/C24H23F2N5O2/c25-19-6-15(5-17(7-19)23(32)27-10-14-1-2-14)11-28-24(33)31-4-3-16-8-20(18-12-29-30-13-18)21(26)9-22(16)31/h5-9,12-14H,1-4,10-11H2,(H,27,32)(H,28,33)(H,29,30). The van der Waals surface area contributed by atoms with Gasteiger partial charge in [-0.25, -0.2) is 13.6 Å². The summed E-state index contributed by atoms with van der Waals surface area (Å²) >= 11 is 0. The predicted octanol–water partition coefficient (Wildman–Crippen LogP) is 3.77. The van der Waals surface area contributed by atoms with E-state index in [9.17, 15) is 18.4 Å². The minimum Gasteiger partial charge on any atom is -0.352 e. The van der Waals surface area contributed by atoms with Crippen LogP contribution in [-0.2, 0) is 13.0 Å². The van der Waals surface area contributed by atoms with Crippen LogP contribution in [0.25, 0.3) is 11.1 Å². The number of nitrogens with zero attached hydrogens (tertiary/aromatic N) is 2. The topological polar surface area (TPSA) is 90.1 Å². The van der Waals surface area contributed by atoms with Gasteiger partial charge in [-0.3, -0.25) is 14.8 Å². The van der Waals surface area contributed by atoms with Crippen molar-refractivity contribution in [3.8, 4) is 11.1 Å². The Labute approximate surface area is 189 Å². The number of fused-ring (bicyclic) bond motifs is 1. The van der Waals surface area contributed by atoms with E-state index in [4.69, 9.17) is 0 Å². The summed E-state index contributed by atoms with van der Waals surface area (Å²) in [6.45, 7) is 1.04. The maximum Gasteiger partial charge on any atom is 0.322 e. The van der Waals surface area contributed by atoms with Gasteiger partial charge >= 0.3 is 6.03 Å². The lowest BCUT2D eigenvalue weighted by molar-refractivity contribution is 0.0951. The van der Waals surface area contributed by atoms with Crippen LogP contribution in [0.3, 0.4) is 0 Å². The summed E-state index contributed by atoms with van der Waals surface area (Å²) in [6.07, 6.45) is 5.97. The summed E-state index contributed by atoms with van der Waals surface area (Å²) in [5.74, 6) is -0.794. The smallest absolute Gasteiger partial charge is 0.322 e. The van der Waals surface area contributed by atoms with Gasteiger partial charge in [0.1, 0.15) is 11.6 Å². The summed E-state index contributed by atoms with van der Waals surface area (Å²) in [5.41, 5.74) is 3.14. The van der Waals surface area contributed by atoms with Gasteiger partial charge < -0.3 is 10.6 Å². The molecule has 2 aliphatic rings. The number of anilines is 1. The van der Waals surface area contributed by atoms with Crippen LogP contribution in [0.5, 0.6) is 0 Å². The number of hydrogen-bond acceptors (Lipinski definition) is 3. The predicted molar refractivity (Wildman–Crippen MR) is 119 cm³/mol. The van der Waals surface area contributed by atoms with E-state index in [1.165, 1.54) is 23.1 Å². The lowest BCUT2D eigenvalue weighted by Crippen LogP contribution is -2.38. The number of H-pyrrole nitrogens is 1. The van der Waals surface area contributed by atoms with Gasteiger partial charge in [-0.05, 0) is 66.6 Å². The average Bonchev–Trinajstić information content (AvgIpc) is 3.29. The van der Waals surface area contributed by atoms with Crippen LogP contribution in [0.2, 0.25) is 0 Å². The molecule has 0 unspecified atom stereocenters. The van der Waals surface area contributed by atoms with Crippen LogP contribution in [-0.4, -0.2) is 35.2 Å². The molecule has 1 aromatic heterocycles. The Bertz CT molecular complexity index is 1210. The van der Waals surface area contributed by atoms with Crippen LogP contribution in [0, 0.1) is 17.6 Å². The van der Waals surface area contributed by atoms with Crippen molar-refractivity contribution in [3.63, 3.8) is 0 Å². The highest BCUT2D eigenvalue weighted by atomic mass is 19.1. The highest BCUT2D eigenvalue weighted by molar-refractivity contribution is 5.95. The van der Waals surface area contributed by atoms with Crippen molar-refractivity contribution >= 4 is 17.6 Å². The first-order valence-corrected chi connectivity index (χ1v) is 10.9. The number of hydrogen-bond donors (Lipinski definition) is 3. The fourth-order valence-electron chi connectivity index (χ4n) is 4.06. The molecule has 1 aliphatic heterocycles. The van der Waals surface area contributed by atoms with E-state index < -0.39 is 17.7 Å². The first-order valence-electron chi connectivity index (χ1n) is 10.9. The Morgan fingerprint density at radius 2 is 1.97 bits per heavy atom. The van der Waals surface area contributed by atoms with E-state index in [1.54, 1.807) is 24.5 Å². The lowest BCUT2D eigenvalue weighted by atomic mass is 10.0. The third kappa shape index (κ3) is 4.57. The van der Waals surface area contributed by atoms with Gasteiger partial charge in [-0.15, -0.1) is 0 Å². The maximum atomic E-state index is 14.7. The molecule has 1 aliphatic carbocycles. The number of aromatic nitrogens is 2. The number of amides is 3. The molecule has 0 spiro atoms. The Hall–Kier alpha value is -3.75. The monoisotopic (exact) mass is 451 g/mol. The summed E-state index contributed by atoms with van der Waals surface area (Å²) in [6, 6.07) is 6.72. The Morgan fingerprint density at radius 3 is 2.73 bits per heavy atom. The number of urea groups is 1. The number of carbonyl (C=O) groups excluding carboxylic acids is 2. The van der Waals surface area contributed by atoms with E-state index in [-0.39, 0.29) is 18.0 Å². The van der Waals surface area contributed by atoms with Crippen molar-refractivity contribution in [3.05, 3.63) is 71.1 Å². The molecule has 0 atom stereocenters. The third-order valence-corrected chi connectivity index (χ3v) is 6.03. The van der Waals surface area contributed by atoms with Gasteiger partial charge in [0.05, 0.1) is 11.9 Å². The Morgan fingerprint density at radius 1 is 1.12 bits per heavy atom. The summed E-state index contributed by atoms with van der Waals surface area (Å²) in [5, 5.41) is 12.1. The van der Waals surface area contributed by atoms with E-state index >= 15 is 0 Å². The van der Waals surface area contributed by atoms with Gasteiger partial charge in [0.15, 0.2) is 0 Å². The second-order valence-corrected chi connectivity index (χ2v) is 8.51. The lowest BCUT2D eigenvalue weighted by Gasteiger charge is -2.19. The van der Waals surface area contributed by atoms with Crippen LogP contribution < -0.4 is 15.5 Å². The second-order valence-electron chi connectivity index (χ2n) is 8.51. The fourth-order valence-corrected chi connectivity index (χ4v) is 4.06. The molecular weight excluding hydrogens is 428 g/mol. The number of aromatic amines is 1. The van der Waals surface area contributed by atoms with Crippen molar-refractivity contribution in [2.45, 2.75) is 25.8 Å². The van der Waals surface area contributed by atoms with Crippen LogP contribution >= 0.6 is 0 Å². The molecule has 2 heterocycles. The molecule has 1 fully saturated rings. The zero-order chi connectivity index (χ0) is 22.9. The zero-order valence-corrected chi connectivity index (χ0v) is 17.8. The molecule has 3 aromatic rings. The zero-order valence-electron chi connectivity index (χ0n) is 17.8. The average molecular weight is 451 g/mol. The van der Waals surface area contributed by atoms with Crippen LogP contribution in [0.1, 0.15) is 34.3 Å². The van der Waals surface area contributed by atoms with Gasteiger partial charge in [-0.2, -0.15) is 5.10 Å². The van der Waals surface area contributed by atoms with E-state index in [0.29, 0.717) is 47.8 Å². The van der Waals surface area contributed by atoms with Crippen molar-refractivity contribution in [2.24, 2.45) is 5.92 Å². The number of carbonyl (C=O) groups is 2. The van der Waals surface area contributed by atoms with Crippen LogP contribution in [0.4, 0.5) is 19.3 Å². The van der Waals surface area contributed by atoms with E-state index in [2.05, 4.69) is 20.8 Å². The SMILES string of the molecule is O=C(NCC1CC1)c1cc(F)cc(CNC(=O)N2CCc3cc(-c4cn[nH]c4)c(F)cc32)c1. The molecule has 2 aromatic carbocycles. The normalized spacial score (nSPS) is 14.8. The second kappa shape index (κ2) is 8.65. The molecule has 33 heavy (non-hydrogen) atoms. The molecule has 3 N–H and O–H groups in total. The molecule has 5 rings (SSSR count). The number of benzene rings is 2. The minimum absolute atomic E-state index is 0.0426. The van der Waals surface area contributed by atoms with E-state index in [1.807, 2.05) is 0 Å². The fraction of sp³-hybridized carbons (Fsp3) is 0.292. The highest BCUT2D eigenvalue weighted by Gasteiger charge is 2.27. The highest BCUT2D eigenvalue weighted by Crippen LogP contribution is 2.34. The molecule has 1 saturated carbocycles. The maximum absolute atomic E-state index is 14.7. The van der Waals surface area contributed by atoms with Crippen molar-refractivity contribution in [1.82, 2.24) is 20.8 Å². The van der Waals surface area contributed by atoms with Gasteiger partial charge in [0, 0.05) is 42.5 Å². The minimum atomic E-state index is -0.543. The molecule has 0 saturated heterocycles. The number of halogens is 2. The van der Waals surface area contributed by atoms with Crippen molar-refractivity contribution in [1.29, 1.82) is 0 Å². The first-order chi connectivity index (χ1) is 16.0. The quantitative estimate of drug-likeness (QED) is 0.533. The van der Waals surface area contributed by atoms with Crippen molar-refractivity contribution < 1.29 is 18.4 Å². The molecular formula is C24H23F2N5O2. The Balaban J connectivity index is 1.26. The number of rotatable bonds is 6. The molecule has 170 valence electrons. The molecule has 0 bridgehead atoms. The molecule has 3 amide bonds. The molecule has 9 heteroatoms. The largest absolute Gasteiger partial charge is 0.352 e. The first kappa shape index (κ1) is 21.1. The van der Waals surface area contributed by atoms with Gasteiger partial charge in [0.2, 0.25) is 0 Å². The van der Waals surface area contributed by atoms with Crippen molar-refractivity contribution in [2.75, 3.05) is 18.0 Å². The summed E-state index contributed by atoms with van der Waals surface area (Å²) in [7, 11) is 0. The molecule has 0 radical (unpaired) electrons.